The average Bonchev–Trinajstić information content (AvgIpc) is 3.17. The molecule has 1 amide bonds. The zero-order valence-electron chi connectivity index (χ0n) is 14.2. The number of ether oxygens (including phenoxy) is 2. The molecule has 1 aromatic heterocycles. The first-order valence-corrected chi connectivity index (χ1v) is 9.16. The highest BCUT2D eigenvalue weighted by molar-refractivity contribution is 7.99. The number of para-hydroxylation sites is 2. The highest BCUT2D eigenvalue weighted by Crippen LogP contribution is 2.35. The van der Waals surface area contributed by atoms with Crippen LogP contribution in [-0.4, -0.2) is 28.5 Å². The van der Waals surface area contributed by atoms with Crippen LogP contribution in [0.2, 0.25) is 0 Å². The van der Waals surface area contributed by atoms with Gasteiger partial charge in [0.2, 0.25) is 12.0 Å². The lowest BCUT2D eigenvalue weighted by molar-refractivity contribution is -0.113. The zero-order valence-corrected chi connectivity index (χ0v) is 15.0. The highest BCUT2D eigenvalue weighted by atomic mass is 32.2. The number of hydrogen-bond donors (Lipinski definition) is 1. The summed E-state index contributed by atoms with van der Waals surface area (Å²) in [5.41, 5.74) is -0.107. The van der Waals surface area contributed by atoms with Gasteiger partial charge in [0, 0.05) is 6.07 Å². The van der Waals surface area contributed by atoms with Crippen LogP contribution in [0.25, 0.3) is 0 Å². The van der Waals surface area contributed by atoms with E-state index in [-0.39, 0.29) is 29.2 Å². The Bertz CT molecular complexity index is 1010. The minimum absolute atomic E-state index is 0.0939. The van der Waals surface area contributed by atoms with Gasteiger partial charge >= 0.3 is 0 Å². The lowest BCUT2D eigenvalue weighted by Crippen LogP contribution is -2.21. The van der Waals surface area contributed by atoms with Gasteiger partial charge < -0.3 is 19.2 Å². The molecule has 10 heteroatoms. The first-order valence-electron chi connectivity index (χ1n) is 8.18. The van der Waals surface area contributed by atoms with Crippen LogP contribution in [-0.2, 0) is 4.79 Å². The molecule has 2 aromatic carbocycles. The van der Waals surface area contributed by atoms with Crippen molar-refractivity contribution >= 4 is 23.4 Å². The minimum Gasteiger partial charge on any atom is -0.485 e. The fourth-order valence-corrected chi connectivity index (χ4v) is 3.02. The van der Waals surface area contributed by atoms with E-state index in [4.69, 9.17) is 13.9 Å². The SMILES string of the molecule is O=C(CSc1nnc(C2COc3ccccc3O2)o1)Nc1ccc(F)cc1F. The molecule has 1 aliphatic rings. The van der Waals surface area contributed by atoms with Crippen molar-refractivity contribution in [2.75, 3.05) is 17.7 Å². The van der Waals surface area contributed by atoms with Gasteiger partial charge in [-0.3, -0.25) is 4.79 Å². The van der Waals surface area contributed by atoms with Crippen LogP contribution in [0.5, 0.6) is 11.5 Å². The summed E-state index contributed by atoms with van der Waals surface area (Å²) in [4.78, 5) is 11.9. The Hall–Kier alpha value is -3.14. The molecule has 0 spiro atoms. The van der Waals surface area contributed by atoms with Crippen LogP contribution in [0.4, 0.5) is 14.5 Å². The fraction of sp³-hybridized carbons (Fsp3) is 0.167. The summed E-state index contributed by atoms with van der Waals surface area (Å²) in [6.45, 7) is 0.216. The summed E-state index contributed by atoms with van der Waals surface area (Å²) >= 11 is 0.982. The second-order valence-electron chi connectivity index (χ2n) is 5.73. The molecule has 4 rings (SSSR count). The number of carbonyl (C=O) groups is 1. The molecule has 2 heterocycles. The van der Waals surface area contributed by atoms with E-state index >= 15 is 0 Å². The summed E-state index contributed by atoms with van der Waals surface area (Å²) in [6.07, 6.45) is -0.557. The number of benzene rings is 2. The quantitative estimate of drug-likeness (QED) is 0.649. The smallest absolute Gasteiger partial charge is 0.277 e. The summed E-state index contributed by atoms with van der Waals surface area (Å²) in [7, 11) is 0. The summed E-state index contributed by atoms with van der Waals surface area (Å²) in [5.74, 6) is -0.732. The van der Waals surface area contributed by atoms with E-state index in [1.165, 1.54) is 0 Å². The molecule has 1 aliphatic heterocycles. The van der Waals surface area contributed by atoms with Crippen LogP contribution < -0.4 is 14.8 Å². The minimum atomic E-state index is -0.854. The molecule has 1 N–H and O–H groups in total. The molecule has 0 bridgehead atoms. The molecular formula is C18H13F2N3O4S. The predicted molar refractivity (Wildman–Crippen MR) is 95.3 cm³/mol. The maximum atomic E-state index is 13.6. The van der Waals surface area contributed by atoms with Crippen LogP contribution in [0, 0.1) is 11.6 Å². The van der Waals surface area contributed by atoms with Crippen molar-refractivity contribution in [3.05, 3.63) is 60.0 Å². The fourth-order valence-electron chi connectivity index (χ4n) is 2.45. The van der Waals surface area contributed by atoms with Gasteiger partial charge in [-0.1, -0.05) is 23.9 Å². The molecule has 0 radical (unpaired) electrons. The van der Waals surface area contributed by atoms with E-state index in [1.54, 1.807) is 12.1 Å². The van der Waals surface area contributed by atoms with Crippen molar-refractivity contribution in [1.29, 1.82) is 0 Å². The standard InChI is InChI=1S/C18H13F2N3O4S/c19-10-5-6-12(11(20)7-10)21-16(24)9-28-18-23-22-17(27-18)15-8-25-13-3-1-2-4-14(13)26-15/h1-7,15H,8-9H2,(H,21,24). The predicted octanol–water partition coefficient (Wildman–Crippen LogP) is 3.59. The lowest BCUT2D eigenvalue weighted by atomic mass is 10.2. The van der Waals surface area contributed by atoms with Gasteiger partial charge in [0.1, 0.15) is 18.2 Å². The Balaban J connectivity index is 1.33. The molecule has 144 valence electrons. The van der Waals surface area contributed by atoms with Gasteiger partial charge in [0.05, 0.1) is 11.4 Å². The number of halogens is 2. The zero-order chi connectivity index (χ0) is 19.5. The van der Waals surface area contributed by atoms with E-state index in [0.717, 1.165) is 23.9 Å². The van der Waals surface area contributed by atoms with Crippen molar-refractivity contribution in [2.45, 2.75) is 11.3 Å². The Morgan fingerprint density at radius 2 is 2.00 bits per heavy atom. The second-order valence-corrected chi connectivity index (χ2v) is 6.66. The van der Waals surface area contributed by atoms with E-state index in [2.05, 4.69) is 15.5 Å². The van der Waals surface area contributed by atoms with Gasteiger partial charge in [-0.25, -0.2) is 8.78 Å². The van der Waals surface area contributed by atoms with Crippen LogP contribution in [0.1, 0.15) is 12.0 Å². The van der Waals surface area contributed by atoms with Crippen LogP contribution in [0.15, 0.2) is 52.1 Å². The Labute approximate surface area is 162 Å². The van der Waals surface area contributed by atoms with Gasteiger partial charge in [0.25, 0.3) is 11.1 Å². The monoisotopic (exact) mass is 405 g/mol. The summed E-state index contributed by atoms with van der Waals surface area (Å²) in [6, 6.07) is 10.1. The summed E-state index contributed by atoms with van der Waals surface area (Å²) in [5, 5.41) is 10.3. The highest BCUT2D eigenvalue weighted by Gasteiger charge is 2.27. The van der Waals surface area contributed by atoms with E-state index < -0.39 is 23.6 Å². The maximum absolute atomic E-state index is 13.6. The third-order valence-electron chi connectivity index (χ3n) is 3.74. The number of rotatable bonds is 5. The number of carbonyl (C=O) groups excluding carboxylic acids is 1. The molecule has 28 heavy (non-hydrogen) atoms. The number of fused-ring (bicyclic) bond motifs is 1. The van der Waals surface area contributed by atoms with Crippen molar-refractivity contribution in [1.82, 2.24) is 10.2 Å². The van der Waals surface area contributed by atoms with Crippen LogP contribution in [0.3, 0.4) is 0 Å². The third-order valence-corrected chi connectivity index (χ3v) is 4.56. The Kier molecular flexibility index (Phi) is 5.11. The second kappa shape index (κ2) is 7.85. The van der Waals surface area contributed by atoms with Crippen molar-refractivity contribution in [3.8, 4) is 11.5 Å². The molecule has 0 saturated carbocycles. The topological polar surface area (TPSA) is 86.5 Å². The number of anilines is 1. The van der Waals surface area contributed by atoms with Gasteiger partial charge in [0.15, 0.2) is 11.5 Å². The van der Waals surface area contributed by atoms with Crippen molar-refractivity contribution in [2.24, 2.45) is 0 Å². The lowest BCUT2D eigenvalue weighted by Gasteiger charge is -2.23. The number of nitrogens with one attached hydrogen (secondary N) is 1. The molecule has 0 aliphatic carbocycles. The number of hydrogen-bond acceptors (Lipinski definition) is 7. The van der Waals surface area contributed by atoms with E-state index in [1.807, 2.05) is 12.1 Å². The van der Waals surface area contributed by atoms with Gasteiger partial charge in [-0.2, -0.15) is 0 Å². The Morgan fingerprint density at radius 1 is 1.18 bits per heavy atom. The third kappa shape index (κ3) is 4.06. The van der Waals surface area contributed by atoms with Gasteiger partial charge in [-0.05, 0) is 24.3 Å². The molecule has 0 fully saturated rings. The number of nitrogens with zero attached hydrogens (tertiary/aromatic N) is 2. The number of amides is 1. The number of aromatic nitrogens is 2. The molecule has 1 unspecified atom stereocenters. The first kappa shape index (κ1) is 18.2. The molecular weight excluding hydrogens is 392 g/mol. The maximum Gasteiger partial charge on any atom is 0.277 e. The first-order chi connectivity index (χ1) is 13.6. The average molecular weight is 405 g/mol. The van der Waals surface area contributed by atoms with Gasteiger partial charge in [-0.15, -0.1) is 10.2 Å². The normalized spacial score (nSPS) is 15.3. The van der Waals surface area contributed by atoms with Crippen molar-refractivity contribution < 1.29 is 27.5 Å². The molecule has 0 saturated heterocycles. The number of thioether (sulfide) groups is 1. The largest absolute Gasteiger partial charge is 0.485 e. The van der Waals surface area contributed by atoms with Crippen LogP contribution >= 0.6 is 11.8 Å². The van der Waals surface area contributed by atoms with Crippen molar-refractivity contribution in [3.63, 3.8) is 0 Å². The van der Waals surface area contributed by atoms with E-state index in [9.17, 15) is 13.6 Å². The molecule has 3 aromatic rings. The summed E-state index contributed by atoms with van der Waals surface area (Å²) < 4.78 is 43.3. The Morgan fingerprint density at radius 3 is 2.82 bits per heavy atom. The van der Waals surface area contributed by atoms with E-state index in [0.29, 0.717) is 17.6 Å². The molecule has 1 atom stereocenters. The molecule has 7 nitrogen and oxygen atoms in total.